The molecule has 1 aliphatic heterocycles. The first-order valence-electron chi connectivity index (χ1n) is 6.00. The van der Waals surface area contributed by atoms with Gasteiger partial charge in [0.05, 0.1) is 0 Å². The third-order valence-corrected chi connectivity index (χ3v) is 3.31. The molecule has 1 aromatic rings. The Hall–Kier alpha value is -0.820. The van der Waals surface area contributed by atoms with Gasteiger partial charge in [0.25, 0.3) is 0 Å². The second-order valence-electron chi connectivity index (χ2n) is 5.05. The minimum Gasteiger partial charge on any atom is -0.316 e. The monoisotopic (exact) mass is 203 g/mol. The van der Waals surface area contributed by atoms with Crippen LogP contribution in [0.3, 0.4) is 0 Å². The van der Waals surface area contributed by atoms with Crippen molar-refractivity contribution in [2.75, 3.05) is 13.1 Å². The van der Waals surface area contributed by atoms with Crippen LogP contribution >= 0.6 is 0 Å². The summed E-state index contributed by atoms with van der Waals surface area (Å²) in [5.74, 6) is 1.67. The number of hydrogen-bond acceptors (Lipinski definition) is 1. The molecule has 0 saturated carbocycles. The number of hydrogen-bond donors (Lipinski definition) is 1. The van der Waals surface area contributed by atoms with Gasteiger partial charge in [-0.05, 0) is 50.3 Å². The zero-order valence-corrected chi connectivity index (χ0v) is 9.79. The van der Waals surface area contributed by atoms with Crippen LogP contribution in [-0.2, 0) is 6.42 Å². The maximum absolute atomic E-state index is 3.52. The van der Waals surface area contributed by atoms with Crippen molar-refractivity contribution in [3.05, 3.63) is 35.4 Å². The first-order valence-corrected chi connectivity index (χ1v) is 6.00. The van der Waals surface area contributed by atoms with Crippen molar-refractivity contribution in [2.24, 2.45) is 11.8 Å². The van der Waals surface area contributed by atoms with Gasteiger partial charge in [-0.25, -0.2) is 0 Å². The first-order chi connectivity index (χ1) is 7.24. The smallest absolute Gasteiger partial charge is 0.00171 e. The second kappa shape index (κ2) is 4.80. The Bertz CT molecular complexity index is 302. The Morgan fingerprint density at radius 2 is 1.93 bits per heavy atom. The first kappa shape index (κ1) is 10.7. The topological polar surface area (TPSA) is 12.0 Å². The molecule has 15 heavy (non-hydrogen) atoms. The predicted molar refractivity (Wildman–Crippen MR) is 65.0 cm³/mol. The van der Waals surface area contributed by atoms with Crippen LogP contribution in [0.1, 0.15) is 24.5 Å². The van der Waals surface area contributed by atoms with Crippen LogP contribution in [0.25, 0.3) is 0 Å². The van der Waals surface area contributed by atoms with E-state index in [2.05, 4.69) is 43.4 Å². The van der Waals surface area contributed by atoms with Crippen LogP contribution in [0.2, 0.25) is 0 Å². The van der Waals surface area contributed by atoms with Crippen LogP contribution < -0.4 is 5.32 Å². The molecule has 1 heteroatoms. The van der Waals surface area contributed by atoms with E-state index < -0.39 is 0 Å². The van der Waals surface area contributed by atoms with Crippen molar-refractivity contribution in [1.29, 1.82) is 0 Å². The lowest BCUT2D eigenvalue weighted by molar-refractivity contribution is 0.301. The van der Waals surface area contributed by atoms with Gasteiger partial charge in [0.1, 0.15) is 0 Å². The van der Waals surface area contributed by atoms with Crippen LogP contribution in [0.4, 0.5) is 0 Å². The highest BCUT2D eigenvalue weighted by Crippen LogP contribution is 2.20. The van der Waals surface area contributed by atoms with Gasteiger partial charge in [-0.15, -0.1) is 0 Å². The van der Waals surface area contributed by atoms with E-state index in [1.807, 2.05) is 0 Å². The predicted octanol–water partition coefficient (Wildman–Crippen LogP) is 2.78. The largest absolute Gasteiger partial charge is 0.316 e. The molecule has 1 N–H and O–H groups in total. The van der Waals surface area contributed by atoms with Gasteiger partial charge in [0.15, 0.2) is 0 Å². The van der Waals surface area contributed by atoms with Gasteiger partial charge >= 0.3 is 0 Å². The van der Waals surface area contributed by atoms with Crippen LogP contribution in [0.5, 0.6) is 0 Å². The fourth-order valence-electron chi connectivity index (χ4n) is 2.48. The molecule has 0 spiro atoms. The summed E-state index contributed by atoms with van der Waals surface area (Å²) in [7, 11) is 0. The van der Waals surface area contributed by atoms with E-state index in [1.54, 1.807) is 0 Å². The summed E-state index contributed by atoms with van der Waals surface area (Å²) < 4.78 is 0. The highest BCUT2D eigenvalue weighted by atomic mass is 14.9. The third kappa shape index (κ3) is 3.07. The van der Waals surface area contributed by atoms with Crippen LogP contribution in [0, 0.1) is 18.8 Å². The molecule has 82 valence electrons. The van der Waals surface area contributed by atoms with Crippen LogP contribution in [0.15, 0.2) is 24.3 Å². The van der Waals surface area contributed by atoms with Crippen molar-refractivity contribution in [1.82, 2.24) is 5.32 Å². The van der Waals surface area contributed by atoms with Gasteiger partial charge in [-0.1, -0.05) is 36.8 Å². The van der Waals surface area contributed by atoms with E-state index >= 15 is 0 Å². The fraction of sp³-hybridized carbons (Fsp3) is 0.571. The van der Waals surface area contributed by atoms with Crippen molar-refractivity contribution in [2.45, 2.75) is 26.7 Å². The maximum atomic E-state index is 3.52. The molecule has 0 amide bonds. The summed E-state index contributed by atoms with van der Waals surface area (Å²) in [4.78, 5) is 0. The molecule has 0 aliphatic carbocycles. The molecule has 1 saturated heterocycles. The number of nitrogens with one attached hydrogen (secondary N) is 1. The summed E-state index contributed by atoms with van der Waals surface area (Å²) >= 11 is 0. The van der Waals surface area contributed by atoms with E-state index in [4.69, 9.17) is 0 Å². The fourth-order valence-corrected chi connectivity index (χ4v) is 2.48. The van der Waals surface area contributed by atoms with Gasteiger partial charge in [0.2, 0.25) is 0 Å². The second-order valence-corrected chi connectivity index (χ2v) is 5.05. The minimum absolute atomic E-state index is 0.830. The van der Waals surface area contributed by atoms with Crippen molar-refractivity contribution in [3.8, 4) is 0 Å². The van der Waals surface area contributed by atoms with E-state index in [0.717, 1.165) is 11.8 Å². The third-order valence-electron chi connectivity index (χ3n) is 3.31. The summed E-state index contributed by atoms with van der Waals surface area (Å²) in [5, 5.41) is 3.52. The molecule has 1 heterocycles. The van der Waals surface area contributed by atoms with Crippen molar-refractivity contribution >= 4 is 0 Å². The van der Waals surface area contributed by atoms with E-state index in [-0.39, 0.29) is 0 Å². The standard InChI is InChI=1S/C14H21N/c1-11-3-5-13(6-4-11)8-14-7-12(2)9-15-10-14/h3-6,12,14-15H,7-10H2,1-2H3. The molecule has 0 radical (unpaired) electrons. The van der Waals surface area contributed by atoms with E-state index in [1.165, 1.54) is 37.1 Å². The molecular weight excluding hydrogens is 182 g/mol. The Morgan fingerprint density at radius 3 is 2.60 bits per heavy atom. The molecule has 1 aliphatic rings. The minimum atomic E-state index is 0.830. The molecule has 2 rings (SSSR count). The summed E-state index contributed by atoms with van der Waals surface area (Å²) in [6.45, 7) is 6.88. The summed E-state index contributed by atoms with van der Waals surface area (Å²) in [5.41, 5.74) is 2.84. The average molecular weight is 203 g/mol. The van der Waals surface area contributed by atoms with Gasteiger partial charge < -0.3 is 5.32 Å². The molecule has 0 bridgehead atoms. The Labute approximate surface area is 92.9 Å². The lowest BCUT2D eigenvalue weighted by Gasteiger charge is -2.27. The zero-order valence-electron chi connectivity index (χ0n) is 9.79. The number of benzene rings is 1. The molecule has 2 unspecified atom stereocenters. The Morgan fingerprint density at radius 1 is 1.20 bits per heavy atom. The molecule has 1 fully saturated rings. The number of piperidine rings is 1. The number of rotatable bonds is 2. The lowest BCUT2D eigenvalue weighted by Crippen LogP contribution is -2.35. The van der Waals surface area contributed by atoms with E-state index in [0.29, 0.717) is 0 Å². The van der Waals surface area contributed by atoms with Crippen LogP contribution in [-0.4, -0.2) is 13.1 Å². The highest BCUT2D eigenvalue weighted by Gasteiger charge is 2.18. The Balaban J connectivity index is 1.93. The van der Waals surface area contributed by atoms with Gasteiger partial charge in [-0.2, -0.15) is 0 Å². The lowest BCUT2D eigenvalue weighted by atomic mass is 9.87. The Kier molecular flexibility index (Phi) is 3.42. The maximum Gasteiger partial charge on any atom is -0.00171 e. The molecule has 0 aromatic heterocycles. The molecule has 1 nitrogen and oxygen atoms in total. The van der Waals surface area contributed by atoms with Crippen molar-refractivity contribution < 1.29 is 0 Å². The quantitative estimate of drug-likeness (QED) is 0.779. The highest BCUT2D eigenvalue weighted by molar-refractivity contribution is 5.21. The molecular formula is C14H21N. The molecule has 2 atom stereocenters. The van der Waals surface area contributed by atoms with E-state index in [9.17, 15) is 0 Å². The van der Waals surface area contributed by atoms with Crippen molar-refractivity contribution in [3.63, 3.8) is 0 Å². The average Bonchev–Trinajstić information content (AvgIpc) is 2.22. The summed E-state index contributed by atoms with van der Waals surface area (Å²) in [6, 6.07) is 8.98. The van der Waals surface area contributed by atoms with Gasteiger partial charge in [-0.3, -0.25) is 0 Å². The normalized spacial score (nSPS) is 26.5. The number of aryl methyl sites for hydroxylation is 1. The van der Waals surface area contributed by atoms with Gasteiger partial charge in [0, 0.05) is 0 Å². The molecule has 1 aromatic carbocycles. The zero-order chi connectivity index (χ0) is 10.7. The summed E-state index contributed by atoms with van der Waals surface area (Å²) in [6.07, 6.45) is 2.61. The SMILES string of the molecule is Cc1ccc(CC2CNCC(C)C2)cc1.